The molecule has 1 rings (SSSR count). The molecule has 1 unspecified atom stereocenters. The molecule has 1 atom stereocenters. The number of ether oxygens (including phenoxy) is 1. The van der Waals surface area contributed by atoms with E-state index >= 15 is 0 Å². The lowest BCUT2D eigenvalue weighted by Gasteiger charge is -2.37. The standard InChI is InChI=1S/C10H21N3O3/c1-8(9(14)12-11)13(2)7-10(15)3-5-16-6-4-10/h8,15H,3-7,11H2,1-2H3,(H,12,14). The number of nitrogens with zero attached hydrogens (tertiary/aromatic N) is 1. The van der Waals surface area contributed by atoms with Gasteiger partial charge in [0.15, 0.2) is 0 Å². The van der Waals surface area contributed by atoms with Crippen LogP contribution in [0, 0.1) is 0 Å². The molecule has 0 bridgehead atoms. The molecule has 16 heavy (non-hydrogen) atoms. The molecule has 1 heterocycles. The maximum absolute atomic E-state index is 11.3. The minimum atomic E-state index is -0.754. The molecule has 0 aromatic rings. The molecule has 0 spiro atoms. The summed E-state index contributed by atoms with van der Waals surface area (Å²) in [7, 11) is 1.80. The SMILES string of the molecule is CC(C(=O)NN)N(C)CC1(O)CCOCC1. The van der Waals surface area contributed by atoms with Crippen LogP contribution < -0.4 is 11.3 Å². The quantitative estimate of drug-likeness (QED) is 0.323. The highest BCUT2D eigenvalue weighted by Crippen LogP contribution is 2.21. The topological polar surface area (TPSA) is 87.8 Å². The number of hydrazine groups is 1. The number of carbonyl (C=O) groups is 1. The van der Waals surface area contributed by atoms with Gasteiger partial charge in [-0.05, 0) is 14.0 Å². The van der Waals surface area contributed by atoms with E-state index in [1.807, 2.05) is 0 Å². The van der Waals surface area contributed by atoms with Crippen LogP contribution in [0.4, 0.5) is 0 Å². The highest BCUT2D eigenvalue weighted by Gasteiger charge is 2.33. The van der Waals surface area contributed by atoms with Crippen LogP contribution in [-0.4, -0.2) is 54.4 Å². The summed E-state index contributed by atoms with van der Waals surface area (Å²) < 4.78 is 5.20. The monoisotopic (exact) mass is 231 g/mol. The maximum atomic E-state index is 11.3. The molecule has 1 aliphatic rings. The summed E-state index contributed by atoms with van der Waals surface area (Å²) >= 11 is 0. The second-order valence-electron chi connectivity index (χ2n) is 4.44. The van der Waals surface area contributed by atoms with Gasteiger partial charge in [0.05, 0.1) is 11.6 Å². The summed E-state index contributed by atoms with van der Waals surface area (Å²) in [5.74, 6) is 4.82. The van der Waals surface area contributed by atoms with E-state index in [0.29, 0.717) is 32.6 Å². The first-order chi connectivity index (χ1) is 7.48. The molecular formula is C10H21N3O3. The molecule has 6 heteroatoms. The van der Waals surface area contributed by atoms with E-state index < -0.39 is 5.60 Å². The maximum Gasteiger partial charge on any atom is 0.250 e. The number of rotatable bonds is 4. The van der Waals surface area contributed by atoms with Gasteiger partial charge in [-0.2, -0.15) is 0 Å². The van der Waals surface area contributed by atoms with E-state index in [9.17, 15) is 9.90 Å². The van der Waals surface area contributed by atoms with Gasteiger partial charge in [-0.15, -0.1) is 0 Å². The van der Waals surface area contributed by atoms with E-state index in [1.165, 1.54) is 0 Å². The highest BCUT2D eigenvalue weighted by atomic mass is 16.5. The Labute approximate surface area is 95.7 Å². The largest absolute Gasteiger partial charge is 0.388 e. The molecule has 0 aromatic heterocycles. The predicted octanol–water partition coefficient (Wildman–Crippen LogP) is -1.16. The molecule has 0 aliphatic carbocycles. The van der Waals surface area contributed by atoms with Crippen molar-refractivity contribution in [2.24, 2.45) is 5.84 Å². The van der Waals surface area contributed by atoms with Crippen LogP contribution in [0.3, 0.4) is 0 Å². The molecule has 6 nitrogen and oxygen atoms in total. The first-order valence-corrected chi connectivity index (χ1v) is 5.49. The van der Waals surface area contributed by atoms with Gasteiger partial charge in [0, 0.05) is 32.6 Å². The van der Waals surface area contributed by atoms with Crippen LogP contribution in [0.2, 0.25) is 0 Å². The third-order valence-corrected chi connectivity index (χ3v) is 3.15. The van der Waals surface area contributed by atoms with Crippen molar-refractivity contribution >= 4 is 5.91 Å². The van der Waals surface area contributed by atoms with Gasteiger partial charge < -0.3 is 9.84 Å². The van der Waals surface area contributed by atoms with Gasteiger partial charge in [-0.3, -0.25) is 15.1 Å². The summed E-state index contributed by atoms with van der Waals surface area (Å²) in [4.78, 5) is 13.1. The van der Waals surface area contributed by atoms with Crippen molar-refractivity contribution < 1.29 is 14.6 Å². The minimum absolute atomic E-state index is 0.252. The third kappa shape index (κ3) is 3.41. The highest BCUT2D eigenvalue weighted by molar-refractivity contribution is 5.80. The molecule has 0 radical (unpaired) electrons. The molecule has 1 aliphatic heterocycles. The van der Waals surface area contributed by atoms with Crippen molar-refractivity contribution in [2.45, 2.75) is 31.4 Å². The lowest BCUT2D eigenvalue weighted by atomic mass is 9.93. The summed E-state index contributed by atoms with van der Waals surface area (Å²) in [5.41, 5.74) is 1.35. The summed E-state index contributed by atoms with van der Waals surface area (Å²) in [5, 5.41) is 10.3. The Morgan fingerprint density at radius 2 is 2.19 bits per heavy atom. The second-order valence-corrected chi connectivity index (χ2v) is 4.44. The van der Waals surface area contributed by atoms with Gasteiger partial charge in [0.1, 0.15) is 0 Å². The van der Waals surface area contributed by atoms with Crippen molar-refractivity contribution in [1.29, 1.82) is 0 Å². The molecule has 4 N–H and O–H groups in total. The molecule has 1 fully saturated rings. The second kappa shape index (κ2) is 5.58. The van der Waals surface area contributed by atoms with E-state index in [2.05, 4.69) is 5.43 Å². The third-order valence-electron chi connectivity index (χ3n) is 3.15. The Morgan fingerprint density at radius 3 is 2.69 bits per heavy atom. The molecule has 1 amide bonds. The Balaban J connectivity index is 2.48. The van der Waals surface area contributed by atoms with E-state index in [1.54, 1.807) is 18.9 Å². The molecular weight excluding hydrogens is 210 g/mol. The number of amides is 1. The molecule has 94 valence electrons. The number of hydrogen-bond acceptors (Lipinski definition) is 5. The van der Waals surface area contributed by atoms with Gasteiger partial charge in [-0.1, -0.05) is 0 Å². The average molecular weight is 231 g/mol. The molecule has 0 saturated carbocycles. The average Bonchev–Trinajstić information content (AvgIpc) is 2.27. The van der Waals surface area contributed by atoms with Crippen LogP contribution in [0.15, 0.2) is 0 Å². The van der Waals surface area contributed by atoms with Crippen molar-refractivity contribution in [3.05, 3.63) is 0 Å². The number of hydrogen-bond donors (Lipinski definition) is 3. The summed E-state index contributed by atoms with van der Waals surface area (Å²) in [6.07, 6.45) is 1.21. The fourth-order valence-corrected chi connectivity index (χ4v) is 1.83. The van der Waals surface area contributed by atoms with E-state index in [-0.39, 0.29) is 11.9 Å². The predicted molar refractivity (Wildman–Crippen MR) is 59.4 cm³/mol. The lowest BCUT2D eigenvalue weighted by molar-refractivity contribution is -0.128. The van der Waals surface area contributed by atoms with Gasteiger partial charge in [0.2, 0.25) is 0 Å². The van der Waals surface area contributed by atoms with Crippen molar-refractivity contribution in [1.82, 2.24) is 10.3 Å². The van der Waals surface area contributed by atoms with Crippen LogP contribution in [0.1, 0.15) is 19.8 Å². The van der Waals surface area contributed by atoms with Crippen LogP contribution in [-0.2, 0) is 9.53 Å². The molecule has 1 saturated heterocycles. The van der Waals surface area contributed by atoms with Crippen molar-refractivity contribution in [3.63, 3.8) is 0 Å². The van der Waals surface area contributed by atoms with Crippen molar-refractivity contribution in [3.8, 4) is 0 Å². The van der Waals surface area contributed by atoms with E-state index in [4.69, 9.17) is 10.6 Å². The Kier molecular flexibility index (Phi) is 4.67. The van der Waals surface area contributed by atoms with Crippen LogP contribution in [0.5, 0.6) is 0 Å². The summed E-state index contributed by atoms with van der Waals surface area (Å²) in [6, 6.07) is -0.350. The van der Waals surface area contributed by atoms with Gasteiger partial charge in [-0.25, -0.2) is 5.84 Å². The fraction of sp³-hybridized carbons (Fsp3) is 0.900. The first-order valence-electron chi connectivity index (χ1n) is 5.49. The van der Waals surface area contributed by atoms with Gasteiger partial charge >= 0.3 is 0 Å². The Hall–Kier alpha value is -0.690. The number of nitrogens with two attached hydrogens (primary N) is 1. The lowest BCUT2D eigenvalue weighted by Crippen LogP contribution is -2.52. The minimum Gasteiger partial charge on any atom is -0.388 e. The fourth-order valence-electron chi connectivity index (χ4n) is 1.83. The Bertz CT molecular complexity index is 241. The zero-order chi connectivity index (χ0) is 12.2. The van der Waals surface area contributed by atoms with Crippen LogP contribution >= 0.6 is 0 Å². The Morgan fingerprint density at radius 1 is 1.62 bits per heavy atom. The normalized spacial score (nSPS) is 21.8. The van der Waals surface area contributed by atoms with E-state index in [0.717, 1.165) is 0 Å². The first kappa shape index (κ1) is 13.4. The zero-order valence-electron chi connectivity index (χ0n) is 9.90. The number of likely N-dealkylation sites (N-methyl/N-ethyl adjacent to an activating group) is 1. The smallest absolute Gasteiger partial charge is 0.250 e. The summed E-state index contributed by atoms with van der Waals surface area (Å²) in [6.45, 7) is 3.35. The number of aliphatic hydroxyl groups is 1. The number of carbonyl (C=O) groups excluding carboxylic acids is 1. The number of nitrogens with one attached hydrogen (secondary N) is 1. The molecule has 0 aromatic carbocycles. The van der Waals surface area contributed by atoms with Gasteiger partial charge in [0.25, 0.3) is 5.91 Å². The van der Waals surface area contributed by atoms with Crippen molar-refractivity contribution in [2.75, 3.05) is 26.8 Å². The van der Waals surface area contributed by atoms with Crippen LogP contribution in [0.25, 0.3) is 0 Å². The zero-order valence-corrected chi connectivity index (χ0v) is 9.90.